The predicted octanol–water partition coefficient (Wildman–Crippen LogP) is 2.12. The van der Waals surface area contributed by atoms with E-state index in [1.165, 1.54) is 0 Å². The summed E-state index contributed by atoms with van der Waals surface area (Å²) in [4.78, 5) is 32.6. The Morgan fingerprint density at radius 1 is 1.08 bits per heavy atom. The zero-order valence-corrected chi connectivity index (χ0v) is 14.5. The number of ether oxygens (including phenoxy) is 1. The Morgan fingerprint density at radius 2 is 1.85 bits per heavy atom. The van der Waals surface area contributed by atoms with Crippen LogP contribution in [0.1, 0.15) is 23.2 Å². The third-order valence-corrected chi connectivity index (χ3v) is 5.19. The van der Waals surface area contributed by atoms with E-state index in [2.05, 4.69) is 4.98 Å². The zero-order chi connectivity index (χ0) is 18.0. The molecule has 0 radical (unpaired) electrons. The van der Waals surface area contributed by atoms with Gasteiger partial charge in [0.15, 0.2) is 0 Å². The molecule has 1 aromatic heterocycles. The molecule has 2 aliphatic rings. The number of para-hydroxylation sites is 1. The van der Waals surface area contributed by atoms with Gasteiger partial charge in [-0.3, -0.25) is 14.6 Å². The largest absolute Gasteiger partial charge is 0.363 e. The summed E-state index contributed by atoms with van der Waals surface area (Å²) in [5.41, 5.74) is 1.12. The number of carbonyl (C=O) groups excluding carboxylic acids is 2. The molecule has 0 saturated carbocycles. The van der Waals surface area contributed by atoms with E-state index in [-0.39, 0.29) is 24.0 Å². The molecule has 1 aromatic carbocycles. The highest BCUT2D eigenvalue weighted by Crippen LogP contribution is 2.33. The minimum absolute atomic E-state index is 0.000230. The lowest BCUT2D eigenvalue weighted by Gasteiger charge is -2.47. The number of pyridine rings is 1. The van der Waals surface area contributed by atoms with Crippen LogP contribution in [0, 0.1) is 0 Å². The first-order valence-corrected chi connectivity index (χ1v) is 8.86. The van der Waals surface area contributed by atoms with Crippen molar-refractivity contribution in [2.24, 2.45) is 0 Å². The van der Waals surface area contributed by atoms with Crippen LogP contribution in [0.2, 0.25) is 0 Å². The van der Waals surface area contributed by atoms with Crippen LogP contribution in [0.3, 0.4) is 0 Å². The molecule has 2 aliphatic heterocycles. The highest BCUT2D eigenvalue weighted by Gasteiger charge is 2.43. The van der Waals surface area contributed by atoms with E-state index in [0.717, 1.165) is 18.5 Å². The van der Waals surface area contributed by atoms with Crippen LogP contribution >= 0.6 is 0 Å². The average Bonchev–Trinajstić information content (AvgIpc) is 2.71. The van der Waals surface area contributed by atoms with Crippen molar-refractivity contribution in [3.05, 3.63) is 60.4 Å². The Morgan fingerprint density at radius 3 is 2.54 bits per heavy atom. The molecule has 4 rings (SSSR count). The number of aromatic nitrogens is 1. The van der Waals surface area contributed by atoms with Crippen molar-refractivity contribution in [1.29, 1.82) is 0 Å². The maximum atomic E-state index is 12.6. The molecule has 0 atom stereocenters. The molecule has 134 valence electrons. The standard InChI is InChI=1S/C20H21N3O3/c24-18-14-26-20(15-23(18)17-6-2-1-3-7-17)8-11-22(12-9-20)19(25)16-5-4-10-21-13-16/h1-7,10,13H,8-9,11-12,14-15H2. The van der Waals surface area contributed by atoms with Gasteiger partial charge < -0.3 is 14.5 Å². The van der Waals surface area contributed by atoms with Gasteiger partial charge in [0.25, 0.3) is 11.8 Å². The first-order chi connectivity index (χ1) is 12.7. The first-order valence-electron chi connectivity index (χ1n) is 8.86. The lowest BCUT2D eigenvalue weighted by Crippen LogP contribution is -2.59. The summed E-state index contributed by atoms with van der Waals surface area (Å²) in [7, 11) is 0. The molecule has 0 aliphatic carbocycles. The maximum Gasteiger partial charge on any atom is 0.255 e. The minimum Gasteiger partial charge on any atom is -0.363 e. The van der Waals surface area contributed by atoms with E-state index in [0.29, 0.717) is 25.2 Å². The number of benzene rings is 1. The minimum atomic E-state index is -0.379. The van der Waals surface area contributed by atoms with Crippen LogP contribution in [0.5, 0.6) is 0 Å². The number of morpholine rings is 1. The molecule has 2 fully saturated rings. The van der Waals surface area contributed by atoms with Crippen LogP contribution in [0.25, 0.3) is 0 Å². The Hall–Kier alpha value is -2.73. The highest BCUT2D eigenvalue weighted by molar-refractivity contribution is 5.95. The topological polar surface area (TPSA) is 62.7 Å². The van der Waals surface area contributed by atoms with Crippen molar-refractivity contribution in [2.45, 2.75) is 18.4 Å². The Kier molecular flexibility index (Phi) is 4.42. The maximum absolute atomic E-state index is 12.6. The summed E-state index contributed by atoms with van der Waals surface area (Å²) in [6.45, 7) is 1.85. The van der Waals surface area contributed by atoms with E-state index in [4.69, 9.17) is 4.74 Å². The van der Waals surface area contributed by atoms with Crippen LogP contribution in [-0.2, 0) is 9.53 Å². The molecule has 0 N–H and O–H groups in total. The van der Waals surface area contributed by atoms with E-state index in [9.17, 15) is 9.59 Å². The van der Waals surface area contributed by atoms with Crippen LogP contribution < -0.4 is 4.90 Å². The smallest absolute Gasteiger partial charge is 0.255 e. The highest BCUT2D eigenvalue weighted by atomic mass is 16.5. The van der Waals surface area contributed by atoms with Gasteiger partial charge in [-0.2, -0.15) is 0 Å². The second-order valence-corrected chi connectivity index (χ2v) is 6.82. The van der Waals surface area contributed by atoms with Crippen molar-refractivity contribution in [2.75, 3.05) is 31.1 Å². The van der Waals surface area contributed by atoms with Crippen molar-refractivity contribution in [1.82, 2.24) is 9.88 Å². The van der Waals surface area contributed by atoms with E-state index < -0.39 is 0 Å². The number of hydrogen-bond donors (Lipinski definition) is 0. The van der Waals surface area contributed by atoms with Crippen molar-refractivity contribution in [3.63, 3.8) is 0 Å². The van der Waals surface area contributed by atoms with Crippen LogP contribution in [-0.4, -0.2) is 53.5 Å². The second-order valence-electron chi connectivity index (χ2n) is 6.82. The number of likely N-dealkylation sites (tertiary alicyclic amines) is 1. The summed E-state index contributed by atoms with van der Waals surface area (Å²) in [5, 5.41) is 0. The molecular weight excluding hydrogens is 330 g/mol. The number of rotatable bonds is 2. The van der Waals surface area contributed by atoms with Crippen molar-refractivity contribution >= 4 is 17.5 Å². The quantitative estimate of drug-likeness (QED) is 0.831. The number of nitrogens with zero attached hydrogens (tertiary/aromatic N) is 3. The molecular formula is C20H21N3O3. The molecule has 0 bridgehead atoms. The fraction of sp³-hybridized carbons (Fsp3) is 0.350. The fourth-order valence-electron chi connectivity index (χ4n) is 3.65. The molecule has 2 saturated heterocycles. The molecule has 6 heteroatoms. The summed E-state index contributed by atoms with van der Waals surface area (Å²) in [5.74, 6) is -0.0181. The van der Waals surface area contributed by atoms with Gasteiger partial charge in [0.2, 0.25) is 0 Å². The van der Waals surface area contributed by atoms with Gasteiger partial charge in [-0.05, 0) is 37.1 Å². The van der Waals surface area contributed by atoms with Gasteiger partial charge in [0.1, 0.15) is 6.61 Å². The average molecular weight is 351 g/mol. The van der Waals surface area contributed by atoms with Gasteiger partial charge >= 0.3 is 0 Å². The van der Waals surface area contributed by atoms with Gasteiger partial charge in [-0.1, -0.05) is 18.2 Å². The lowest BCUT2D eigenvalue weighted by molar-refractivity contribution is -0.143. The summed E-state index contributed by atoms with van der Waals surface area (Å²) >= 11 is 0. The SMILES string of the molecule is O=C(c1cccnc1)N1CCC2(CC1)CN(c1ccccc1)C(=O)CO2. The zero-order valence-electron chi connectivity index (χ0n) is 14.5. The number of hydrogen-bond acceptors (Lipinski definition) is 4. The van der Waals surface area contributed by atoms with E-state index >= 15 is 0 Å². The number of carbonyl (C=O) groups is 2. The first kappa shape index (κ1) is 16.7. The molecule has 2 amide bonds. The fourth-order valence-corrected chi connectivity index (χ4v) is 3.65. The Bertz CT molecular complexity index is 786. The third kappa shape index (κ3) is 3.20. The Labute approximate surface area is 152 Å². The molecule has 1 spiro atoms. The summed E-state index contributed by atoms with van der Waals surface area (Å²) in [6.07, 6.45) is 4.69. The van der Waals surface area contributed by atoms with E-state index in [1.807, 2.05) is 40.1 Å². The van der Waals surface area contributed by atoms with Gasteiger partial charge in [0, 0.05) is 31.2 Å². The summed E-state index contributed by atoms with van der Waals surface area (Å²) in [6, 6.07) is 13.2. The van der Waals surface area contributed by atoms with Crippen LogP contribution in [0.4, 0.5) is 5.69 Å². The molecule has 3 heterocycles. The monoisotopic (exact) mass is 351 g/mol. The van der Waals surface area contributed by atoms with E-state index in [1.54, 1.807) is 24.5 Å². The van der Waals surface area contributed by atoms with Gasteiger partial charge in [-0.25, -0.2) is 0 Å². The molecule has 6 nitrogen and oxygen atoms in total. The Balaban J connectivity index is 1.45. The molecule has 0 unspecified atom stereocenters. The number of piperidine rings is 1. The van der Waals surface area contributed by atoms with Crippen molar-refractivity contribution < 1.29 is 14.3 Å². The predicted molar refractivity (Wildman–Crippen MR) is 96.9 cm³/mol. The number of anilines is 1. The van der Waals surface area contributed by atoms with Crippen molar-refractivity contribution in [3.8, 4) is 0 Å². The molecule has 26 heavy (non-hydrogen) atoms. The van der Waals surface area contributed by atoms with Gasteiger partial charge in [-0.15, -0.1) is 0 Å². The summed E-state index contributed by atoms with van der Waals surface area (Å²) < 4.78 is 5.96. The lowest BCUT2D eigenvalue weighted by atomic mass is 9.88. The number of amides is 2. The van der Waals surface area contributed by atoms with Gasteiger partial charge in [0.05, 0.1) is 17.7 Å². The normalized spacial score (nSPS) is 19.6. The van der Waals surface area contributed by atoms with Crippen LogP contribution in [0.15, 0.2) is 54.9 Å². The third-order valence-electron chi connectivity index (χ3n) is 5.19. The second kappa shape index (κ2) is 6.88. The molecule has 2 aromatic rings.